The Kier molecular flexibility index (Phi) is 5.02. The highest BCUT2D eigenvalue weighted by molar-refractivity contribution is 5.89. The van der Waals surface area contributed by atoms with Gasteiger partial charge in [-0.2, -0.15) is 4.98 Å². The van der Waals surface area contributed by atoms with Crippen LogP contribution >= 0.6 is 0 Å². The van der Waals surface area contributed by atoms with Crippen LogP contribution in [-0.2, 0) is 6.42 Å². The fraction of sp³-hybridized carbons (Fsp3) is 0.562. The number of aryl methyl sites for hydroxylation is 2. The molecule has 1 atom stereocenters. The Labute approximate surface area is 140 Å². The molecule has 1 saturated heterocycles. The molecule has 1 fully saturated rings. The van der Waals surface area contributed by atoms with E-state index in [-0.39, 0.29) is 12.1 Å². The van der Waals surface area contributed by atoms with Gasteiger partial charge in [-0.15, -0.1) is 0 Å². The fourth-order valence-electron chi connectivity index (χ4n) is 2.87. The molecule has 0 unspecified atom stereocenters. The third-order valence-corrected chi connectivity index (χ3v) is 4.13. The molecular formula is C16H22N6O2. The van der Waals surface area contributed by atoms with Crippen molar-refractivity contribution >= 4 is 11.7 Å². The number of urea groups is 1. The van der Waals surface area contributed by atoms with E-state index < -0.39 is 0 Å². The summed E-state index contributed by atoms with van der Waals surface area (Å²) in [5.41, 5.74) is 0.587. The van der Waals surface area contributed by atoms with Crippen molar-refractivity contribution in [2.24, 2.45) is 0 Å². The van der Waals surface area contributed by atoms with Gasteiger partial charge in [0.2, 0.25) is 5.89 Å². The van der Waals surface area contributed by atoms with Gasteiger partial charge in [0.25, 0.3) is 0 Å². The largest absolute Gasteiger partial charge is 0.340 e. The average molecular weight is 330 g/mol. The summed E-state index contributed by atoms with van der Waals surface area (Å²) in [5.74, 6) is 1.84. The molecule has 2 amide bonds. The van der Waals surface area contributed by atoms with Gasteiger partial charge in [0.1, 0.15) is 5.82 Å². The number of carbonyl (C=O) groups is 1. The summed E-state index contributed by atoms with van der Waals surface area (Å²) >= 11 is 0. The summed E-state index contributed by atoms with van der Waals surface area (Å²) < 4.78 is 5.09. The summed E-state index contributed by atoms with van der Waals surface area (Å²) in [5, 5.41) is 6.88. The minimum absolute atomic E-state index is 0.166. The second-order valence-electron chi connectivity index (χ2n) is 5.90. The van der Waals surface area contributed by atoms with Crippen molar-refractivity contribution in [3.05, 3.63) is 29.9 Å². The lowest BCUT2D eigenvalue weighted by Crippen LogP contribution is -2.38. The van der Waals surface area contributed by atoms with Crippen LogP contribution in [0.3, 0.4) is 0 Å². The van der Waals surface area contributed by atoms with Gasteiger partial charge in [0, 0.05) is 19.9 Å². The summed E-state index contributed by atoms with van der Waals surface area (Å²) in [7, 11) is 0. The van der Waals surface area contributed by atoms with Crippen LogP contribution in [0.5, 0.6) is 0 Å². The van der Waals surface area contributed by atoms with Gasteiger partial charge in [0.05, 0.1) is 24.1 Å². The number of hydrogen-bond donors (Lipinski definition) is 1. The van der Waals surface area contributed by atoms with Gasteiger partial charge < -0.3 is 14.7 Å². The molecule has 24 heavy (non-hydrogen) atoms. The predicted molar refractivity (Wildman–Crippen MR) is 87.4 cm³/mol. The first kappa shape index (κ1) is 16.4. The third kappa shape index (κ3) is 3.69. The van der Waals surface area contributed by atoms with E-state index in [0.29, 0.717) is 23.9 Å². The van der Waals surface area contributed by atoms with Crippen molar-refractivity contribution in [1.29, 1.82) is 0 Å². The summed E-state index contributed by atoms with van der Waals surface area (Å²) in [6, 6.07) is -0.349. The molecule has 8 heteroatoms. The highest BCUT2D eigenvalue weighted by atomic mass is 16.5. The maximum atomic E-state index is 12.7. The monoisotopic (exact) mass is 330 g/mol. The van der Waals surface area contributed by atoms with E-state index in [1.165, 1.54) is 0 Å². The van der Waals surface area contributed by atoms with E-state index in [1.807, 2.05) is 6.92 Å². The molecule has 0 aliphatic carbocycles. The smallest absolute Gasteiger partial charge is 0.322 e. The Morgan fingerprint density at radius 3 is 2.79 bits per heavy atom. The Morgan fingerprint density at radius 1 is 1.33 bits per heavy atom. The van der Waals surface area contributed by atoms with E-state index in [9.17, 15) is 4.79 Å². The number of hydrogen-bond acceptors (Lipinski definition) is 6. The van der Waals surface area contributed by atoms with Crippen LogP contribution in [0.4, 0.5) is 10.5 Å². The second kappa shape index (κ2) is 7.37. The molecule has 0 radical (unpaired) electrons. The van der Waals surface area contributed by atoms with Crippen LogP contribution in [0.1, 0.15) is 56.2 Å². The number of likely N-dealkylation sites (tertiary alicyclic amines) is 1. The molecule has 2 aromatic rings. The molecular weight excluding hydrogens is 308 g/mol. The van der Waals surface area contributed by atoms with Crippen molar-refractivity contribution < 1.29 is 9.32 Å². The molecule has 0 spiro atoms. The van der Waals surface area contributed by atoms with Gasteiger partial charge in [-0.1, -0.05) is 24.9 Å². The highest BCUT2D eigenvalue weighted by Gasteiger charge is 2.30. The zero-order chi connectivity index (χ0) is 16.9. The van der Waals surface area contributed by atoms with E-state index in [2.05, 4.69) is 25.4 Å². The van der Waals surface area contributed by atoms with Crippen molar-refractivity contribution in [2.75, 3.05) is 11.9 Å². The Bertz CT molecular complexity index is 684. The Morgan fingerprint density at radius 2 is 2.12 bits per heavy atom. The van der Waals surface area contributed by atoms with Gasteiger partial charge >= 0.3 is 6.03 Å². The molecule has 0 aromatic carbocycles. The van der Waals surface area contributed by atoms with Gasteiger partial charge in [-0.3, -0.25) is 0 Å². The van der Waals surface area contributed by atoms with Crippen LogP contribution in [-0.4, -0.2) is 37.6 Å². The molecule has 8 nitrogen and oxygen atoms in total. The van der Waals surface area contributed by atoms with Crippen molar-refractivity contribution in [2.45, 2.75) is 52.0 Å². The number of anilines is 1. The predicted octanol–water partition coefficient (Wildman–Crippen LogP) is 2.88. The normalized spacial score (nSPS) is 18.2. The van der Waals surface area contributed by atoms with Gasteiger partial charge in [-0.25, -0.2) is 14.8 Å². The number of aromatic nitrogens is 4. The number of carbonyl (C=O) groups excluding carboxylic acids is 1. The lowest BCUT2D eigenvalue weighted by molar-refractivity contribution is 0.184. The molecule has 3 rings (SSSR count). The number of nitrogens with one attached hydrogen (secondary N) is 1. The van der Waals surface area contributed by atoms with Gasteiger partial charge in [-0.05, 0) is 12.8 Å². The van der Waals surface area contributed by atoms with E-state index in [0.717, 1.165) is 37.9 Å². The third-order valence-electron chi connectivity index (χ3n) is 4.13. The van der Waals surface area contributed by atoms with Crippen molar-refractivity contribution in [3.63, 3.8) is 0 Å². The molecule has 2 aromatic heterocycles. The number of nitrogens with zero attached hydrogens (tertiary/aromatic N) is 5. The molecule has 3 heterocycles. The van der Waals surface area contributed by atoms with Crippen molar-refractivity contribution in [3.8, 4) is 0 Å². The summed E-state index contributed by atoms with van der Waals surface area (Å²) in [6.45, 7) is 4.41. The summed E-state index contributed by atoms with van der Waals surface area (Å²) in [6.07, 6.45) is 7.95. The lowest BCUT2D eigenvalue weighted by Gasteiger charge is -2.27. The first-order valence-corrected chi connectivity index (χ1v) is 8.36. The quantitative estimate of drug-likeness (QED) is 0.929. The molecule has 128 valence electrons. The minimum Gasteiger partial charge on any atom is -0.340 e. The Balaban J connectivity index is 1.76. The fourth-order valence-corrected chi connectivity index (χ4v) is 2.87. The van der Waals surface area contributed by atoms with Crippen LogP contribution in [0.15, 0.2) is 16.9 Å². The zero-order valence-corrected chi connectivity index (χ0v) is 14.0. The van der Waals surface area contributed by atoms with Gasteiger partial charge in [0.15, 0.2) is 5.82 Å². The standard InChI is InChI=1S/C16H22N6O2/c1-3-14-17-9-12(10-18-14)20-16(23)22-8-6-4-5-7-13(22)15-19-11(2)24-21-15/h9-10,13H,3-8H2,1-2H3,(H,20,23)/t13-/m0/s1. The second-order valence-corrected chi connectivity index (χ2v) is 5.90. The van der Waals surface area contributed by atoms with Crippen LogP contribution in [0.25, 0.3) is 0 Å². The highest BCUT2D eigenvalue weighted by Crippen LogP contribution is 2.29. The average Bonchev–Trinajstić information content (AvgIpc) is 2.87. The maximum Gasteiger partial charge on any atom is 0.322 e. The van der Waals surface area contributed by atoms with Crippen LogP contribution < -0.4 is 5.32 Å². The molecule has 1 aliphatic rings. The molecule has 1 aliphatic heterocycles. The van der Waals surface area contributed by atoms with Crippen LogP contribution in [0, 0.1) is 6.92 Å². The molecule has 0 bridgehead atoms. The lowest BCUT2D eigenvalue weighted by atomic mass is 10.1. The maximum absolute atomic E-state index is 12.7. The molecule has 1 N–H and O–H groups in total. The number of amides is 2. The van der Waals surface area contributed by atoms with Crippen molar-refractivity contribution in [1.82, 2.24) is 25.0 Å². The van der Waals surface area contributed by atoms with E-state index in [1.54, 1.807) is 24.2 Å². The summed E-state index contributed by atoms with van der Waals surface area (Å²) in [4.78, 5) is 27.3. The zero-order valence-electron chi connectivity index (χ0n) is 14.0. The number of rotatable bonds is 3. The first-order valence-electron chi connectivity index (χ1n) is 8.36. The van der Waals surface area contributed by atoms with E-state index >= 15 is 0 Å². The topological polar surface area (TPSA) is 97.0 Å². The van der Waals surface area contributed by atoms with E-state index in [4.69, 9.17) is 4.52 Å². The van der Waals surface area contributed by atoms with Crippen LogP contribution in [0.2, 0.25) is 0 Å². The first-order chi connectivity index (χ1) is 11.7. The minimum atomic E-state index is -0.183. The Hall–Kier alpha value is -2.51. The SMILES string of the molecule is CCc1ncc(NC(=O)N2CCCCC[C@H]2c2noc(C)n2)cn1. The molecule has 0 saturated carbocycles.